The molecule has 1 aliphatic carbocycles. The van der Waals surface area contributed by atoms with Crippen LogP contribution in [-0.4, -0.2) is 9.97 Å². The third kappa shape index (κ3) is 2.83. The first-order valence-electron chi connectivity index (χ1n) is 6.62. The van der Waals surface area contributed by atoms with Crippen molar-refractivity contribution in [3.05, 3.63) is 23.8 Å². The van der Waals surface area contributed by atoms with Crippen LogP contribution in [0.15, 0.2) is 12.4 Å². The second-order valence-corrected chi connectivity index (χ2v) is 5.67. The second kappa shape index (κ2) is 5.13. The standard InChI is InChI=1S/C14H23N3/c1-9-7-16-14(17-8-9)13(15)12-5-4-10(2)11(3)6-12/h7-8,10-13H,4-6,15H2,1-3H3. The van der Waals surface area contributed by atoms with E-state index in [4.69, 9.17) is 5.73 Å². The van der Waals surface area contributed by atoms with Crippen molar-refractivity contribution in [3.63, 3.8) is 0 Å². The van der Waals surface area contributed by atoms with E-state index < -0.39 is 0 Å². The first kappa shape index (κ1) is 12.5. The van der Waals surface area contributed by atoms with Gasteiger partial charge in [-0.1, -0.05) is 20.3 Å². The summed E-state index contributed by atoms with van der Waals surface area (Å²) in [6.45, 7) is 6.67. The quantitative estimate of drug-likeness (QED) is 0.854. The minimum atomic E-state index is 0.00514. The van der Waals surface area contributed by atoms with Crippen molar-refractivity contribution < 1.29 is 0 Å². The number of nitrogens with zero attached hydrogens (tertiary/aromatic N) is 2. The fourth-order valence-corrected chi connectivity index (χ4v) is 2.70. The van der Waals surface area contributed by atoms with Gasteiger partial charge in [-0.2, -0.15) is 0 Å². The first-order chi connectivity index (χ1) is 8.08. The summed E-state index contributed by atoms with van der Waals surface area (Å²) < 4.78 is 0. The van der Waals surface area contributed by atoms with Gasteiger partial charge in [0.05, 0.1) is 6.04 Å². The molecule has 2 N–H and O–H groups in total. The summed E-state index contributed by atoms with van der Waals surface area (Å²) in [6.07, 6.45) is 7.42. The highest BCUT2D eigenvalue weighted by molar-refractivity contribution is 5.05. The molecule has 0 amide bonds. The van der Waals surface area contributed by atoms with Gasteiger partial charge in [0.15, 0.2) is 0 Å². The van der Waals surface area contributed by atoms with E-state index in [0.717, 1.165) is 23.2 Å². The van der Waals surface area contributed by atoms with Gasteiger partial charge < -0.3 is 5.73 Å². The Bertz CT molecular complexity index is 360. The molecule has 94 valence electrons. The van der Waals surface area contributed by atoms with Crippen LogP contribution in [0.3, 0.4) is 0 Å². The molecule has 0 bridgehead atoms. The Hall–Kier alpha value is -0.960. The van der Waals surface area contributed by atoms with E-state index in [9.17, 15) is 0 Å². The fourth-order valence-electron chi connectivity index (χ4n) is 2.70. The molecule has 17 heavy (non-hydrogen) atoms. The maximum atomic E-state index is 6.30. The fraction of sp³-hybridized carbons (Fsp3) is 0.714. The molecule has 1 saturated carbocycles. The monoisotopic (exact) mass is 233 g/mol. The van der Waals surface area contributed by atoms with Gasteiger partial charge in [0.25, 0.3) is 0 Å². The Morgan fingerprint density at radius 1 is 1.18 bits per heavy atom. The molecule has 1 aliphatic rings. The molecule has 4 atom stereocenters. The van der Waals surface area contributed by atoms with E-state index in [-0.39, 0.29) is 6.04 Å². The van der Waals surface area contributed by atoms with Crippen LogP contribution in [0.4, 0.5) is 0 Å². The molecular weight excluding hydrogens is 210 g/mol. The average Bonchev–Trinajstić information content (AvgIpc) is 2.33. The molecule has 1 fully saturated rings. The Balaban J connectivity index is 2.05. The van der Waals surface area contributed by atoms with Crippen molar-refractivity contribution in [1.29, 1.82) is 0 Å². The maximum absolute atomic E-state index is 6.30. The number of aromatic nitrogens is 2. The normalized spacial score (nSPS) is 31.2. The van der Waals surface area contributed by atoms with E-state index in [1.165, 1.54) is 19.3 Å². The Morgan fingerprint density at radius 3 is 2.41 bits per heavy atom. The number of hydrogen-bond acceptors (Lipinski definition) is 3. The van der Waals surface area contributed by atoms with Crippen LogP contribution in [-0.2, 0) is 0 Å². The minimum Gasteiger partial charge on any atom is -0.321 e. The summed E-state index contributed by atoms with van der Waals surface area (Å²) in [5, 5.41) is 0. The van der Waals surface area contributed by atoms with Gasteiger partial charge in [-0.05, 0) is 43.1 Å². The molecule has 3 heteroatoms. The van der Waals surface area contributed by atoms with E-state index in [0.29, 0.717) is 5.92 Å². The highest BCUT2D eigenvalue weighted by atomic mass is 14.9. The molecule has 3 nitrogen and oxygen atoms in total. The Kier molecular flexibility index (Phi) is 3.77. The lowest BCUT2D eigenvalue weighted by Crippen LogP contribution is -2.30. The Labute approximate surface area is 104 Å². The van der Waals surface area contributed by atoms with Gasteiger partial charge in [0, 0.05) is 12.4 Å². The van der Waals surface area contributed by atoms with Crippen LogP contribution in [0, 0.1) is 24.7 Å². The summed E-state index contributed by atoms with van der Waals surface area (Å²) in [6, 6.07) is 0.00514. The minimum absolute atomic E-state index is 0.00514. The molecule has 1 heterocycles. The predicted octanol–water partition coefficient (Wildman–Crippen LogP) is 2.86. The lowest BCUT2D eigenvalue weighted by atomic mass is 9.73. The van der Waals surface area contributed by atoms with Crippen LogP contribution < -0.4 is 5.73 Å². The number of nitrogens with two attached hydrogens (primary N) is 1. The van der Waals surface area contributed by atoms with Crippen LogP contribution in [0.25, 0.3) is 0 Å². The number of hydrogen-bond donors (Lipinski definition) is 1. The van der Waals surface area contributed by atoms with Crippen molar-refractivity contribution in [2.24, 2.45) is 23.5 Å². The highest BCUT2D eigenvalue weighted by Gasteiger charge is 2.30. The number of aryl methyl sites for hydroxylation is 1. The molecule has 0 aromatic carbocycles. The van der Waals surface area contributed by atoms with Crippen LogP contribution >= 0.6 is 0 Å². The number of rotatable bonds is 2. The van der Waals surface area contributed by atoms with E-state index >= 15 is 0 Å². The van der Waals surface area contributed by atoms with Gasteiger partial charge in [0.1, 0.15) is 5.82 Å². The molecule has 0 saturated heterocycles. The van der Waals surface area contributed by atoms with Gasteiger partial charge in [0.2, 0.25) is 0 Å². The largest absolute Gasteiger partial charge is 0.321 e. The molecule has 0 radical (unpaired) electrons. The zero-order valence-electron chi connectivity index (χ0n) is 11.1. The molecule has 1 aromatic rings. The first-order valence-corrected chi connectivity index (χ1v) is 6.62. The summed E-state index contributed by atoms with van der Waals surface area (Å²) in [7, 11) is 0. The van der Waals surface area contributed by atoms with Gasteiger partial charge in [-0.15, -0.1) is 0 Å². The molecule has 2 rings (SSSR count). The molecule has 1 aromatic heterocycles. The summed E-state index contributed by atoms with van der Waals surface area (Å²) in [5.41, 5.74) is 7.39. The summed E-state index contributed by atoms with van der Waals surface area (Å²) in [4.78, 5) is 8.72. The summed E-state index contributed by atoms with van der Waals surface area (Å²) in [5.74, 6) is 2.95. The van der Waals surface area contributed by atoms with Gasteiger partial charge in [-0.3, -0.25) is 0 Å². The van der Waals surface area contributed by atoms with E-state index in [1.807, 2.05) is 19.3 Å². The van der Waals surface area contributed by atoms with Crippen molar-refractivity contribution in [2.45, 2.75) is 46.1 Å². The lowest BCUT2D eigenvalue weighted by Gasteiger charge is -2.34. The lowest BCUT2D eigenvalue weighted by molar-refractivity contribution is 0.183. The zero-order valence-corrected chi connectivity index (χ0v) is 11.1. The van der Waals surface area contributed by atoms with Crippen LogP contribution in [0.2, 0.25) is 0 Å². The van der Waals surface area contributed by atoms with Crippen molar-refractivity contribution in [2.75, 3.05) is 0 Å². The third-order valence-corrected chi connectivity index (χ3v) is 4.25. The second-order valence-electron chi connectivity index (χ2n) is 5.67. The molecule has 0 aliphatic heterocycles. The highest BCUT2D eigenvalue weighted by Crippen LogP contribution is 2.37. The molecule has 4 unspecified atom stereocenters. The van der Waals surface area contributed by atoms with E-state index in [1.54, 1.807) is 0 Å². The van der Waals surface area contributed by atoms with Gasteiger partial charge in [-0.25, -0.2) is 9.97 Å². The zero-order chi connectivity index (χ0) is 12.4. The average molecular weight is 233 g/mol. The molecular formula is C14H23N3. The van der Waals surface area contributed by atoms with Crippen molar-refractivity contribution in [3.8, 4) is 0 Å². The molecule has 0 spiro atoms. The topological polar surface area (TPSA) is 51.8 Å². The van der Waals surface area contributed by atoms with Crippen LogP contribution in [0.5, 0.6) is 0 Å². The predicted molar refractivity (Wildman–Crippen MR) is 69.4 cm³/mol. The third-order valence-electron chi connectivity index (χ3n) is 4.25. The van der Waals surface area contributed by atoms with Crippen molar-refractivity contribution >= 4 is 0 Å². The summed E-state index contributed by atoms with van der Waals surface area (Å²) >= 11 is 0. The Morgan fingerprint density at radius 2 is 1.82 bits per heavy atom. The van der Waals surface area contributed by atoms with Crippen molar-refractivity contribution in [1.82, 2.24) is 9.97 Å². The van der Waals surface area contributed by atoms with Crippen LogP contribution in [0.1, 0.15) is 50.5 Å². The van der Waals surface area contributed by atoms with E-state index in [2.05, 4.69) is 23.8 Å². The SMILES string of the molecule is Cc1cnc(C(N)C2CCC(C)C(C)C2)nc1. The van der Waals surface area contributed by atoms with Gasteiger partial charge >= 0.3 is 0 Å². The maximum Gasteiger partial charge on any atom is 0.145 e. The smallest absolute Gasteiger partial charge is 0.145 e.